The monoisotopic (exact) mass is 295 g/mol. The molecule has 0 saturated carbocycles. The molecule has 1 saturated heterocycles. The Hall–Kier alpha value is -0.800. The summed E-state index contributed by atoms with van der Waals surface area (Å²) in [5, 5.41) is 4.04. The average Bonchev–Trinajstić information content (AvgIpc) is 2.87. The van der Waals surface area contributed by atoms with E-state index in [9.17, 15) is 0 Å². The highest BCUT2D eigenvalue weighted by Crippen LogP contribution is 2.35. The first-order valence-corrected chi connectivity index (χ1v) is 7.90. The van der Waals surface area contributed by atoms with Gasteiger partial charge in [-0.15, -0.1) is 0 Å². The van der Waals surface area contributed by atoms with Gasteiger partial charge in [0, 0.05) is 19.6 Å². The molecule has 1 unspecified atom stereocenters. The van der Waals surface area contributed by atoms with E-state index in [1.807, 2.05) is 12.1 Å². The van der Waals surface area contributed by atoms with E-state index in [-0.39, 0.29) is 0 Å². The topological polar surface area (TPSA) is 28.2 Å². The van der Waals surface area contributed by atoms with Crippen LogP contribution in [-0.2, 0) is 6.54 Å². The summed E-state index contributed by atoms with van der Waals surface area (Å²) < 4.78 is 0. The van der Waals surface area contributed by atoms with Crippen molar-refractivity contribution < 1.29 is 0 Å². The molecule has 1 aromatic heterocycles. The molecule has 0 amide bonds. The molecule has 1 aliphatic heterocycles. The number of hydrogen-bond acceptors (Lipinski definition) is 3. The zero-order chi connectivity index (χ0) is 14.8. The lowest BCUT2D eigenvalue weighted by molar-refractivity contribution is 0.263. The van der Waals surface area contributed by atoms with Crippen molar-refractivity contribution >= 4 is 17.4 Å². The second-order valence-corrected chi connectivity index (χ2v) is 7.08. The van der Waals surface area contributed by atoms with Gasteiger partial charge in [-0.2, -0.15) is 0 Å². The molecule has 112 valence electrons. The molecule has 1 aromatic rings. The van der Waals surface area contributed by atoms with E-state index in [1.54, 1.807) is 0 Å². The van der Waals surface area contributed by atoms with Gasteiger partial charge >= 0.3 is 0 Å². The fourth-order valence-corrected chi connectivity index (χ4v) is 2.86. The third-order valence-electron chi connectivity index (χ3n) is 4.18. The first-order valence-electron chi connectivity index (χ1n) is 7.53. The third-order valence-corrected chi connectivity index (χ3v) is 4.53. The van der Waals surface area contributed by atoms with Gasteiger partial charge in [-0.25, -0.2) is 4.98 Å². The van der Waals surface area contributed by atoms with Gasteiger partial charge in [-0.3, -0.25) is 0 Å². The zero-order valence-corrected chi connectivity index (χ0v) is 13.8. The maximum absolute atomic E-state index is 6.22. The molecular formula is C16H26ClN3. The third kappa shape index (κ3) is 3.64. The summed E-state index contributed by atoms with van der Waals surface area (Å²) in [6, 6.07) is 4.02. The van der Waals surface area contributed by atoms with Gasteiger partial charge in [0.15, 0.2) is 0 Å². The molecule has 4 heteroatoms. The highest BCUT2D eigenvalue weighted by Gasteiger charge is 2.32. The Kier molecular flexibility index (Phi) is 4.92. The fourth-order valence-electron chi connectivity index (χ4n) is 2.69. The van der Waals surface area contributed by atoms with Gasteiger partial charge in [0.2, 0.25) is 0 Å². The molecule has 20 heavy (non-hydrogen) atoms. The Morgan fingerprint density at radius 2 is 2.15 bits per heavy atom. The molecule has 0 aliphatic carbocycles. The highest BCUT2D eigenvalue weighted by atomic mass is 35.5. The summed E-state index contributed by atoms with van der Waals surface area (Å²) in [6.45, 7) is 12.9. The molecule has 2 heterocycles. The molecule has 0 spiro atoms. The summed E-state index contributed by atoms with van der Waals surface area (Å²) in [4.78, 5) is 7.13. The normalized spacial score (nSPS) is 19.6. The molecular weight excluding hydrogens is 270 g/mol. The van der Waals surface area contributed by atoms with Crippen molar-refractivity contribution in [2.45, 2.75) is 40.7 Å². The van der Waals surface area contributed by atoms with Crippen LogP contribution in [0.1, 0.15) is 39.8 Å². The minimum absolute atomic E-state index is 0.369. The average molecular weight is 296 g/mol. The van der Waals surface area contributed by atoms with Crippen molar-refractivity contribution in [1.82, 2.24) is 10.3 Å². The number of anilines is 1. The summed E-state index contributed by atoms with van der Waals surface area (Å²) in [5.41, 5.74) is 1.32. The molecule has 0 bridgehead atoms. The molecule has 3 nitrogen and oxygen atoms in total. The van der Waals surface area contributed by atoms with Gasteiger partial charge in [-0.1, -0.05) is 39.3 Å². The minimum atomic E-state index is 0.369. The number of nitrogens with one attached hydrogen (secondary N) is 1. The predicted molar refractivity (Wildman–Crippen MR) is 86.4 cm³/mol. The van der Waals surface area contributed by atoms with Crippen LogP contribution in [0.4, 0.5) is 5.82 Å². The molecule has 1 fully saturated rings. The van der Waals surface area contributed by atoms with Crippen molar-refractivity contribution in [3.8, 4) is 0 Å². The van der Waals surface area contributed by atoms with Crippen molar-refractivity contribution in [3.63, 3.8) is 0 Å². The number of nitrogens with zero attached hydrogens (tertiary/aromatic N) is 2. The number of pyridine rings is 1. The maximum atomic E-state index is 6.22. The van der Waals surface area contributed by atoms with Crippen LogP contribution in [0.3, 0.4) is 0 Å². The van der Waals surface area contributed by atoms with Crippen molar-refractivity contribution in [3.05, 3.63) is 22.8 Å². The lowest BCUT2D eigenvalue weighted by Gasteiger charge is -2.27. The maximum Gasteiger partial charge on any atom is 0.128 e. The Bertz CT molecular complexity index is 454. The van der Waals surface area contributed by atoms with Crippen LogP contribution in [0, 0.1) is 11.3 Å². The van der Waals surface area contributed by atoms with E-state index in [0.29, 0.717) is 5.41 Å². The van der Waals surface area contributed by atoms with Crippen molar-refractivity contribution in [2.24, 2.45) is 11.3 Å². The van der Waals surface area contributed by atoms with Crippen LogP contribution in [0.25, 0.3) is 0 Å². The Morgan fingerprint density at radius 1 is 1.40 bits per heavy atom. The first kappa shape index (κ1) is 15.6. The molecule has 0 radical (unpaired) electrons. The van der Waals surface area contributed by atoms with Crippen LogP contribution in [0.2, 0.25) is 5.02 Å². The number of aromatic nitrogens is 1. The summed E-state index contributed by atoms with van der Waals surface area (Å²) in [5.74, 6) is 1.80. The molecule has 2 rings (SSSR count). The van der Waals surface area contributed by atoms with Crippen LogP contribution in [0.5, 0.6) is 0 Å². The van der Waals surface area contributed by atoms with Gasteiger partial charge in [0.25, 0.3) is 0 Å². The van der Waals surface area contributed by atoms with E-state index in [2.05, 4.69) is 37.9 Å². The minimum Gasteiger partial charge on any atom is -0.356 e. The van der Waals surface area contributed by atoms with Gasteiger partial charge in [0.1, 0.15) is 5.82 Å². The first-order chi connectivity index (χ1) is 9.41. The van der Waals surface area contributed by atoms with Gasteiger partial charge in [0.05, 0.1) is 10.7 Å². The van der Waals surface area contributed by atoms with Gasteiger partial charge in [-0.05, 0) is 36.4 Å². The number of hydrogen-bond donors (Lipinski definition) is 1. The van der Waals surface area contributed by atoms with Crippen LogP contribution >= 0.6 is 11.6 Å². The predicted octanol–water partition coefficient (Wildman–Crippen LogP) is 3.72. The van der Waals surface area contributed by atoms with E-state index < -0.39 is 0 Å². The smallest absolute Gasteiger partial charge is 0.128 e. The quantitative estimate of drug-likeness (QED) is 0.918. The summed E-state index contributed by atoms with van der Waals surface area (Å²) in [6.07, 6.45) is 1.25. The summed E-state index contributed by atoms with van der Waals surface area (Å²) in [7, 11) is 0. The van der Waals surface area contributed by atoms with Crippen LogP contribution in [0.15, 0.2) is 12.1 Å². The van der Waals surface area contributed by atoms with Crippen LogP contribution < -0.4 is 10.2 Å². The van der Waals surface area contributed by atoms with Crippen molar-refractivity contribution in [2.75, 3.05) is 24.5 Å². The Morgan fingerprint density at radius 3 is 2.75 bits per heavy atom. The fraction of sp³-hybridized carbons (Fsp3) is 0.688. The molecule has 0 aromatic carbocycles. The number of halogens is 1. The molecule has 1 aliphatic rings. The van der Waals surface area contributed by atoms with E-state index >= 15 is 0 Å². The zero-order valence-electron chi connectivity index (χ0n) is 13.0. The lowest BCUT2D eigenvalue weighted by atomic mass is 9.80. The standard InChI is InChI=1S/C16H26ClN3/c1-5-18-10-14-13(17)6-7-15(19-14)20-9-8-12(11-20)16(2,3)4/h6-7,12,18H,5,8-11H2,1-4H3. The van der Waals surface area contributed by atoms with Gasteiger partial charge < -0.3 is 10.2 Å². The molecule has 1 atom stereocenters. The van der Waals surface area contributed by atoms with E-state index in [1.165, 1.54) is 6.42 Å². The van der Waals surface area contributed by atoms with E-state index in [0.717, 1.165) is 48.6 Å². The number of rotatable bonds is 4. The second-order valence-electron chi connectivity index (χ2n) is 6.68. The summed E-state index contributed by atoms with van der Waals surface area (Å²) >= 11 is 6.22. The SMILES string of the molecule is CCNCc1nc(N2CCC(C(C)(C)C)C2)ccc1Cl. The highest BCUT2D eigenvalue weighted by molar-refractivity contribution is 6.31. The lowest BCUT2D eigenvalue weighted by Crippen LogP contribution is -2.26. The molecule has 1 N–H and O–H groups in total. The Balaban J connectivity index is 2.10. The second kappa shape index (κ2) is 6.31. The largest absolute Gasteiger partial charge is 0.356 e. The van der Waals surface area contributed by atoms with E-state index in [4.69, 9.17) is 16.6 Å². The Labute approximate surface area is 127 Å². The van der Waals surface area contributed by atoms with Crippen LogP contribution in [-0.4, -0.2) is 24.6 Å². The van der Waals surface area contributed by atoms with Crippen molar-refractivity contribution in [1.29, 1.82) is 0 Å².